The third-order valence-electron chi connectivity index (χ3n) is 5.99. The maximum atomic E-state index is 12.4. The van der Waals surface area contributed by atoms with Crippen LogP contribution in [0.25, 0.3) is 0 Å². The van der Waals surface area contributed by atoms with Crippen LogP contribution in [0.15, 0.2) is 42.5 Å². The van der Waals surface area contributed by atoms with Crippen LogP contribution in [0.4, 0.5) is 5.69 Å². The topological polar surface area (TPSA) is 47.6 Å². The molecule has 0 unspecified atom stereocenters. The lowest BCUT2D eigenvalue weighted by molar-refractivity contribution is -0.118. The van der Waals surface area contributed by atoms with Gasteiger partial charge in [0.2, 0.25) is 0 Å². The van der Waals surface area contributed by atoms with Gasteiger partial charge in [-0.25, -0.2) is 0 Å². The van der Waals surface area contributed by atoms with Crippen molar-refractivity contribution in [3.63, 3.8) is 0 Å². The van der Waals surface area contributed by atoms with E-state index in [1.165, 1.54) is 5.56 Å². The summed E-state index contributed by atoms with van der Waals surface area (Å²) >= 11 is 0. The lowest BCUT2D eigenvalue weighted by atomic mass is 9.76. The van der Waals surface area contributed by atoms with Crippen LogP contribution in [0.2, 0.25) is 0 Å². The molecular formula is C25H35NO3. The molecule has 0 aliphatic heterocycles. The predicted octanol–water partition coefficient (Wildman–Crippen LogP) is 6.09. The van der Waals surface area contributed by atoms with Gasteiger partial charge >= 0.3 is 0 Å². The predicted molar refractivity (Wildman–Crippen MR) is 120 cm³/mol. The molecule has 29 heavy (non-hydrogen) atoms. The van der Waals surface area contributed by atoms with E-state index in [4.69, 9.17) is 9.47 Å². The van der Waals surface area contributed by atoms with E-state index in [1.54, 1.807) is 7.11 Å². The first-order chi connectivity index (χ1) is 13.6. The molecule has 0 aliphatic rings. The molecule has 0 saturated carbocycles. The number of carbonyl (C=O) groups is 1. The second-order valence-corrected chi connectivity index (χ2v) is 8.75. The zero-order valence-electron chi connectivity index (χ0n) is 18.9. The monoisotopic (exact) mass is 397 g/mol. The van der Waals surface area contributed by atoms with Crippen molar-refractivity contribution in [3.05, 3.63) is 53.6 Å². The Morgan fingerprint density at radius 1 is 0.931 bits per heavy atom. The van der Waals surface area contributed by atoms with Gasteiger partial charge in [-0.05, 0) is 59.6 Å². The van der Waals surface area contributed by atoms with Gasteiger partial charge in [-0.2, -0.15) is 0 Å². The van der Waals surface area contributed by atoms with Gasteiger partial charge in [0, 0.05) is 11.3 Å². The van der Waals surface area contributed by atoms with Crippen molar-refractivity contribution in [2.45, 2.75) is 65.2 Å². The molecule has 4 nitrogen and oxygen atoms in total. The summed E-state index contributed by atoms with van der Waals surface area (Å²) < 4.78 is 11.1. The number of benzene rings is 2. The SMILES string of the molecule is CCC(C)(C)c1ccc(OCC(=O)Nc2ccc(OC)cc2)c(C(C)(C)CC)c1. The third-order valence-corrected chi connectivity index (χ3v) is 5.99. The highest BCUT2D eigenvalue weighted by atomic mass is 16.5. The Kier molecular flexibility index (Phi) is 7.34. The van der Waals surface area contributed by atoms with E-state index in [2.05, 4.69) is 59.0 Å². The lowest BCUT2D eigenvalue weighted by Gasteiger charge is -2.30. The smallest absolute Gasteiger partial charge is 0.262 e. The first-order valence-electron chi connectivity index (χ1n) is 10.3. The van der Waals surface area contributed by atoms with Crippen molar-refractivity contribution >= 4 is 11.6 Å². The average Bonchev–Trinajstić information content (AvgIpc) is 2.72. The molecule has 2 aromatic rings. The number of rotatable bonds is 9. The fourth-order valence-corrected chi connectivity index (χ4v) is 3.01. The molecule has 0 heterocycles. The van der Waals surface area contributed by atoms with Gasteiger partial charge in [0.15, 0.2) is 6.61 Å². The van der Waals surface area contributed by atoms with Crippen molar-refractivity contribution in [2.75, 3.05) is 19.0 Å². The maximum Gasteiger partial charge on any atom is 0.262 e. The summed E-state index contributed by atoms with van der Waals surface area (Å²) in [5.74, 6) is 1.34. The van der Waals surface area contributed by atoms with Crippen molar-refractivity contribution in [1.82, 2.24) is 0 Å². The number of hydrogen-bond donors (Lipinski definition) is 1. The summed E-state index contributed by atoms with van der Waals surface area (Å²) in [6, 6.07) is 13.6. The zero-order chi connectivity index (χ0) is 21.7. The summed E-state index contributed by atoms with van der Waals surface area (Å²) in [5, 5.41) is 2.86. The largest absolute Gasteiger partial charge is 0.497 e. The first-order valence-corrected chi connectivity index (χ1v) is 10.3. The van der Waals surface area contributed by atoms with E-state index in [9.17, 15) is 4.79 Å². The minimum Gasteiger partial charge on any atom is -0.497 e. The van der Waals surface area contributed by atoms with Crippen molar-refractivity contribution in [1.29, 1.82) is 0 Å². The summed E-state index contributed by atoms with van der Waals surface area (Å²) in [6.45, 7) is 13.3. The molecule has 0 aromatic heterocycles. The van der Waals surface area contributed by atoms with Crippen LogP contribution < -0.4 is 14.8 Å². The average molecular weight is 398 g/mol. The molecule has 4 heteroatoms. The van der Waals surface area contributed by atoms with Crippen LogP contribution in [-0.2, 0) is 15.6 Å². The van der Waals surface area contributed by atoms with Gasteiger partial charge in [0.05, 0.1) is 7.11 Å². The van der Waals surface area contributed by atoms with Gasteiger partial charge in [-0.3, -0.25) is 4.79 Å². The number of nitrogens with one attached hydrogen (secondary N) is 1. The summed E-state index contributed by atoms with van der Waals surface area (Å²) in [4.78, 5) is 12.4. The van der Waals surface area contributed by atoms with Crippen LogP contribution >= 0.6 is 0 Å². The molecular weight excluding hydrogens is 362 g/mol. The number of ether oxygens (including phenoxy) is 2. The molecule has 0 radical (unpaired) electrons. The standard InChI is InChI=1S/C25H35NO3/c1-8-24(3,4)18-10-15-22(21(16-18)25(5,6)9-2)29-17-23(27)26-19-11-13-20(28-7)14-12-19/h10-16H,8-9,17H2,1-7H3,(H,26,27). The highest BCUT2D eigenvalue weighted by molar-refractivity contribution is 5.91. The minimum atomic E-state index is -0.187. The zero-order valence-corrected chi connectivity index (χ0v) is 18.9. The molecule has 0 atom stereocenters. The van der Waals surface area contributed by atoms with Gasteiger partial charge in [-0.1, -0.05) is 53.7 Å². The number of methoxy groups -OCH3 is 1. The summed E-state index contributed by atoms with van der Waals surface area (Å²) in [7, 11) is 1.61. The van der Waals surface area contributed by atoms with E-state index >= 15 is 0 Å². The maximum absolute atomic E-state index is 12.4. The first kappa shape index (κ1) is 22.8. The molecule has 0 aliphatic carbocycles. The van der Waals surface area contributed by atoms with Gasteiger partial charge in [0.1, 0.15) is 11.5 Å². The lowest BCUT2D eigenvalue weighted by Crippen LogP contribution is -2.24. The van der Waals surface area contributed by atoms with Crippen LogP contribution in [0.5, 0.6) is 11.5 Å². The van der Waals surface area contributed by atoms with Crippen LogP contribution in [0.3, 0.4) is 0 Å². The summed E-state index contributed by atoms with van der Waals surface area (Å²) in [5.41, 5.74) is 3.22. The molecule has 0 fully saturated rings. The molecule has 0 spiro atoms. The molecule has 2 rings (SSSR count). The van der Waals surface area contributed by atoms with E-state index in [1.807, 2.05) is 30.3 Å². The number of hydrogen-bond acceptors (Lipinski definition) is 3. The summed E-state index contributed by atoms with van der Waals surface area (Å²) in [6.07, 6.45) is 2.04. The molecule has 1 amide bonds. The van der Waals surface area contributed by atoms with E-state index in [0.29, 0.717) is 5.69 Å². The Morgan fingerprint density at radius 2 is 1.55 bits per heavy atom. The molecule has 158 valence electrons. The fraction of sp³-hybridized carbons (Fsp3) is 0.480. The van der Waals surface area contributed by atoms with Gasteiger partial charge in [0.25, 0.3) is 5.91 Å². The Morgan fingerprint density at radius 3 is 2.10 bits per heavy atom. The molecule has 1 N–H and O–H groups in total. The van der Waals surface area contributed by atoms with E-state index in [-0.39, 0.29) is 23.3 Å². The minimum absolute atomic E-state index is 0.0324. The molecule has 0 bridgehead atoms. The van der Waals surface area contributed by atoms with Crippen LogP contribution in [0, 0.1) is 0 Å². The quantitative estimate of drug-likeness (QED) is 0.557. The Hall–Kier alpha value is -2.49. The Labute approximate surface area is 175 Å². The number of amides is 1. The number of carbonyl (C=O) groups excluding carboxylic acids is 1. The van der Waals surface area contributed by atoms with Crippen molar-refractivity contribution in [3.8, 4) is 11.5 Å². The highest BCUT2D eigenvalue weighted by Gasteiger charge is 2.26. The third kappa shape index (κ3) is 5.75. The Bertz CT molecular complexity index is 822. The van der Waals surface area contributed by atoms with Crippen molar-refractivity contribution < 1.29 is 14.3 Å². The molecule has 0 saturated heterocycles. The Balaban J connectivity index is 2.17. The van der Waals surface area contributed by atoms with Gasteiger partial charge < -0.3 is 14.8 Å². The van der Waals surface area contributed by atoms with Crippen LogP contribution in [0.1, 0.15) is 65.5 Å². The normalized spacial score (nSPS) is 11.8. The second kappa shape index (κ2) is 9.34. The van der Waals surface area contributed by atoms with E-state index < -0.39 is 0 Å². The van der Waals surface area contributed by atoms with E-state index in [0.717, 1.165) is 29.9 Å². The van der Waals surface area contributed by atoms with Crippen molar-refractivity contribution in [2.24, 2.45) is 0 Å². The van der Waals surface area contributed by atoms with Crippen LogP contribution in [-0.4, -0.2) is 19.6 Å². The van der Waals surface area contributed by atoms with Gasteiger partial charge in [-0.15, -0.1) is 0 Å². The highest BCUT2D eigenvalue weighted by Crippen LogP contribution is 2.38. The molecule has 2 aromatic carbocycles. The second-order valence-electron chi connectivity index (χ2n) is 8.75. The fourth-order valence-electron chi connectivity index (χ4n) is 3.01. The number of anilines is 1.